The number of carbonyl (C=O) groups is 1. The van der Waals surface area contributed by atoms with Crippen molar-refractivity contribution in [2.24, 2.45) is 0 Å². The van der Waals surface area contributed by atoms with Gasteiger partial charge in [0.05, 0.1) is 17.6 Å². The standard InChI is InChI=1S/C27H28N4O3S2/c1-18-7-6-15-30-23(18)28-24(29-13-4-3-5-14-29)21(25(30)32)17-22-26(33)31(27(35)36-22)16-12-19-8-10-20(34-2)11-9-19/h6-11,15,17H,3-5,12-14,16H2,1-2H3/b22-17-. The van der Waals surface area contributed by atoms with Crippen LogP contribution in [-0.4, -0.2) is 51.3 Å². The summed E-state index contributed by atoms with van der Waals surface area (Å²) in [6, 6.07) is 11.6. The zero-order chi connectivity index (χ0) is 25.2. The predicted molar refractivity (Wildman–Crippen MR) is 149 cm³/mol. The molecule has 0 radical (unpaired) electrons. The van der Waals surface area contributed by atoms with Gasteiger partial charge in [-0.3, -0.25) is 18.9 Å². The van der Waals surface area contributed by atoms with Crippen LogP contribution in [0, 0.1) is 6.92 Å². The van der Waals surface area contributed by atoms with E-state index in [-0.39, 0.29) is 11.5 Å². The Balaban J connectivity index is 1.47. The zero-order valence-electron chi connectivity index (χ0n) is 20.4. The highest BCUT2D eigenvalue weighted by Crippen LogP contribution is 2.34. The van der Waals surface area contributed by atoms with Crippen LogP contribution in [-0.2, 0) is 11.2 Å². The molecule has 0 bridgehead atoms. The Morgan fingerprint density at radius 3 is 2.58 bits per heavy atom. The molecule has 0 atom stereocenters. The van der Waals surface area contributed by atoms with Crippen LogP contribution in [0.4, 0.5) is 5.82 Å². The molecule has 2 aromatic heterocycles. The van der Waals surface area contributed by atoms with Crippen LogP contribution < -0.4 is 15.2 Å². The first-order valence-corrected chi connectivity index (χ1v) is 13.3. The number of thiocarbonyl (C=S) groups is 1. The van der Waals surface area contributed by atoms with Crippen LogP contribution in [0.15, 0.2) is 52.3 Å². The first-order chi connectivity index (χ1) is 17.5. The molecule has 9 heteroatoms. The van der Waals surface area contributed by atoms with Crippen molar-refractivity contribution in [1.29, 1.82) is 0 Å². The minimum Gasteiger partial charge on any atom is -0.497 e. The molecular formula is C27H28N4O3S2. The maximum atomic E-state index is 13.6. The molecule has 2 saturated heterocycles. The molecule has 1 amide bonds. The number of carbonyl (C=O) groups excluding carboxylic acids is 1. The quantitative estimate of drug-likeness (QED) is 0.352. The molecular weight excluding hydrogens is 492 g/mol. The molecule has 0 saturated carbocycles. The molecule has 3 aromatic rings. The molecule has 0 spiro atoms. The molecule has 2 aliphatic heterocycles. The van der Waals surface area contributed by atoms with Crippen LogP contribution in [0.3, 0.4) is 0 Å². The summed E-state index contributed by atoms with van der Waals surface area (Å²) < 4.78 is 7.29. The minimum absolute atomic E-state index is 0.170. The van der Waals surface area contributed by atoms with Crippen molar-refractivity contribution in [2.45, 2.75) is 32.6 Å². The lowest BCUT2D eigenvalue weighted by atomic mass is 10.1. The number of rotatable bonds is 6. The van der Waals surface area contributed by atoms with E-state index < -0.39 is 0 Å². The van der Waals surface area contributed by atoms with E-state index >= 15 is 0 Å². The number of piperidine rings is 1. The van der Waals surface area contributed by atoms with Gasteiger partial charge in [0.15, 0.2) is 0 Å². The summed E-state index contributed by atoms with van der Waals surface area (Å²) in [6.45, 7) is 4.12. The number of nitrogens with zero attached hydrogens (tertiary/aromatic N) is 4. The van der Waals surface area contributed by atoms with Gasteiger partial charge in [-0.25, -0.2) is 4.98 Å². The van der Waals surface area contributed by atoms with Crippen molar-refractivity contribution in [3.63, 3.8) is 0 Å². The third-order valence-electron chi connectivity index (χ3n) is 6.65. The lowest BCUT2D eigenvalue weighted by Gasteiger charge is -2.29. The number of fused-ring (bicyclic) bond motifs is 1. The highest BCUT2D eigenvalue weighted by molar-refractivity contribution is 8.26. The van der Waals surface area contributed by atoms with Gasteiger partial charge in [-0.05, 0) is 68.0 Å². The van der Waals surface area contributed by atoms with Gasteiger partial charge in [0.2, 0.25) is 0 Å². The summed E-state index contributed by atoms with van der Waals surface area (Å²) in [4.78, 5) is 36.2. The van der Waals surface area contributed by atoms with Gasteiger partial charge >= 0.3 is 0 Å². The maximum absolute atomic E-state index is 13.6. The van der Waals surface area contributed by atoms with Crippen molar-refractivity contribution in [2.75, 3.05) is 31.6 Å². The largest absolute Gasteiger partial charge is 0.497 e. The number of hydrogen-bond acceptors (Lipinski definition) is 7. The van der Waals surface area contributed by atoms with Gasteiger partial charge in [0, 0.05) is 25.8 Å². The number of benzene rings is 1. The maximum Gasteiger partial charge on any atom is 0.267 e. The number of aromatic nitrogens is 2. The van der Waals surface area contributed by atoms with E-state index in [0.29, 0.717) is 39.2 Å². The van der Waals surface area contributed by atoms with Gasteiger partial charge < -0.3 is 9.64 Å². The van der Waals surface area contributed by atoms with Crippen LogP contribution in [0.1, 0.15) is 36.0 Å². The molecule has 0 aliphatic carbocycles. The predicted octanol–water partition coefficient (Wildman–Crippen LogP) is 4.45. The van der Waals surface area contributed by atoms with Gasteiger partial charge in [0.1, 0.15) is 21.5 Å². The first kappa shape index (κ1) is 24.5. The highest BCUT2D eigenvalue weighted by atomic mass is 32.2. The minimum atomic E-state index is -0.173. The van der Waals surface area contributed by atoms with Crippen LogP contribution in [0.25, 0.3) is 11.7 Å². The van der Waals surface area contributed by atoms with E-state index in [1.54, 1.807) is 28.7 Å². The van der Waals surface area contributed by atoms with Crippen molar-refractivity contribution < 1.29 is 9.53 Å². The molecule has 4 heterocycles. The van der Waals surface area contributed by atoms with Crippen LogP contribution >= 0.6 is 24.0 Å². The molecule has 2 aliphatic rings. The van der Waals surface area contributed by atoms with Gasteiger partial charge in [0.25, 0.3) is 11.5 Å². The Labute approximate surface area is 219 Å². The molecule has 5 rings (SSSR count). The smallest absolute Gasteiger partial charge is 0.267 e. The number of anilines is 1. The Bertz CT molecular complexity index is 1410. The second-order valence-electron chi connectivity index (χ2n) is 9.02. The summed E-state index contributed by atoms with van der Waals surface area (Å²) in [6.07, 6.45) is 7.38. The number of thioether (sulfide) groups is 1. The van der Waals surface area contributed by atoms with E-state index in [0.717, 1.165) is 42.8 Å². The second kappa shape index (κ2) is 10.4. The van der Waals surface area contributed by atoms with Gasteiger partial charge in [-0.2, -0.15) is 0 Å². The SMILES string of the molecule is COc1ccc(CCN2C(=O)/C(=C/c3c(N4CCCCC4)nc4c(C)cccn4c3=O)SC2=S)cc1. The van der Waals surface area contributed by atoms with Gasteiger partial charge in [-0.15, -0.1) is 0 Å². The Hall–Kier alpha value is -3.17. The highest BCUT2D eigenvalue weighted by Gasteiger charge is 2.33. The number of ether oxygens (including phenoxy) is 1. The Morgan fingerprint density at radius 2 is 1.86 bits per heavy atom. The molecule has 36 heavy (non-hydrogen) atoms. The van der Waals surface area contributed by atoms with Crippen LogP contribution in [0.2, 0.25) is 0 Å². The van der Waals surface area contributed by atoms with Crippen molar-refractivity contribution in [3.8, 4) is 5.75 Å². The van der Waals surface area contributed by atoms with Crippen molar-refractivity contribution in [3.05, 3.63) is 74.5 Å². The van der Waals surface area contributed by atoms with E-state index in [4.69, 9.17) is 21.9 Å². The van der Waals surface area contributed by atoms with E-state index in [1.165, 1.54) is 18.2 Å². The van der Waals surface area contributed by atoms with E-state index in [9.17, 15) is 9.59 Å². The van der Waals surface area contributed by atoms with Crippen molar-refractivity contribution >= 4 is 51.7 Å². The van der Waals surface area contributed by atoms with E-state index in [2.05, 4.69) is 4.90 Å². The van der Waals surface area contributed by atoms with Gasteiger partial charge in [-0.1, -0.05) is 42.2 Å². The third kappa shape index (κ3) is 4.77. The molecule has 7 nitrogen and oxygen atoms in total. The summed E-state index contributed by atoms with van der Waals surface area (Å²) in [5.41, 5.74) is 2.94. The van der Waals surface area contributed by atoms with E-state index in [1.807, 2.05) is 43.3 Å². The third-order valence-corrected chi connectivity index (χ3v) is 8.03. The Kier molecular flexibility index (Phi) is 7.11. The summed E-state index contributed by atoms with van der Waals surface area (Å²) in [5, 5.41) is 0. The summed E-state index contributed by atoms with van der Waals surface area (Å²) in [5.74, 6) is 1.27. The normalized spacial score (nSPS) is 17.4. The lowest BCUT2D eigenvalue weighted by Crippen LogP contribution is -2.34. The van der Waals surface area contributed by atoms with Crippen molar-refractivity contribution in [1.82, 2.24) is 14.3 Å². The topological polar surface area (TPSA) is 67.2 Å². The number of aryl methyl sites for hydroxylation is 1. The first-order valence-electron chi connectivity index (χ1n) is 12.1. The summed E-state index contributed by atoms with van der Waals surface area (Å²) >= 11 is 6.79. The molecule has 1 aromatic carbocycles. The fourth-order valence-corrected chi connectivity index (χ4v) is 5.92. The summed E-state index contributed by atoms with van der Waals surface area (Å²) in [7, 11) is 1.64. The molecule has 186 valence electrons. The molecule has 2 fully saturated rings. The molecule has 0 N–H and O–H groups in total. The monoisotopic (exact) mass is 520 g/mol. The zero-order valence-corrected chi connectivity index (χ0v) is 22.0. The fraction of sp³-hybridized carbons (Fsp3) is 0.333. The second-order valence-corrected chi connectivity index (χ2v) is 10.7. The Morgan fingerprint density at radius 1 is 1.11 bits per heavy atom. The average Bonchev–Trinajstić information content (AvgIpc) is 3.17. The number of pyridine rings is 1. The molecule has 0 unspecified atom stereocenters. The fourth-order valence-electron chi connectivity index (χ4n) is 4.63. The number of hydrogen-bond donors (Lipinski definition) is 0. The van der Waals surface area contributed by atoms with Crippen LogP contribution in [0.5, 0.6) is 5.75 Å². The number of amides is 1. The lowest BCUT2D eigenvalue weighted by molar-refractivity contribution is -0.122. The average molecular weight is 521 g/mol. The number of methoxy groups -OCH3 is 1.